The molecule has 0 aromatic heterocycles. The lowest BCUT2D eigenvalue weighted by atomic mass is 10.5. The van der Waals surface area contributed by atoms with Gasteiger partial charge in [-0.3, -0.25) is 9.05 Å². The van der Waals surface area contributed by atoms with Crippen molar-refractivity contribution in [1.29, 1.82) is 0 Å². The molecule has 2 N–H and O–H groups in total. The van der Waals surface area contributed by atoms with E-state index in [4.69, 9.17) is 42.7 Å². The summed E-state index contributed by atoms with van der Waals surface area (Å²) in [6.45, 7) is 0.675. The lowest BCUT2D eigenvalue weighted by Crippen LogP contribution is -2.27. The van der Waals surface area contributed by atoms with Crippen LogP contribution in [0.4, 0.5) is 0 Å². The van der Waals surface area contributed by atoms with E-state index >= 15 is 0 Å². The summed E-state index contributed by atoms with van der Waals surface area (Å²) in [4.78, 5) is 0. The Balaban J connectivity index is 4.71. The molecule has 0 aliphatic rings. The Hall–Kier alpha value is -0.370. The van der Waals surface area contributed by atoms with Crippen molar-refractivity contribution in [3.63, 3.8) is 0 Å². The fraction of sp³-hybridized carbons (Fsp3) is 0.800. The van der Waals surface area contributed by atoms with Gasteiger partial charge in [0.2, 0.25) is 0 Å². The first-order valence-corrected chi connectivity index (χ1v) is 8.79. The molecule has 0 saturated carbocycles. The molecule has 0 aliphatic heterocycles. The Bertz CT molecular complexity index is 332. The Morgan fingerprint density at radius 2 is 1.43 bits per heavy atom. The number of oxime groups is 2. The molecule has 0 aliphatic carbocycles. The SMILES string of the molecule is O=P(OCC/C=N/O)(OCC/C=N/O)N(CCCl)CCCl. The molecule has 124 valence electrons. The molecule has 8 nitrogen and oxygen atoms in total. The van der Waals surface area contributed by atoms with Crippen molar-refractivity contribution in [1.82, 2.24) is 4.67 Å². The standard InChI is InChI=1S/C10H20Cl2N3O5P/c11-3-7-15(8-4-12)21(18,19-9-1-5-13-16)20-10-2-6-14-17/h5-6,16-17H,1-4,7-10H2/b13-5+,14-6+. The number of hydrogen-bond donors (Lipinski definition) is 2. The van der Waals surface area contributed by atoms with E-state index in [2.05, 4.69) is 10.3 Å². The maximum Gasteiger partial charge on any atom is 0.408 e. The van der Waals surface area contributed by atoms with Crippen molar-refractivity contribution >= 4 is 43.4 Å². The highest BCUT2D eigenvalue weighted by Gasteiger charge is 2.32. The Kier molecular flexibility index (Phi) is 13.1. The van der Waals surface area contributed by atoms with Crippen LogP contribution in [-0.4, -0.2) is 65.6 Å². The van der Waals surface area contributed by atoms with Crippen LogP contribution in [0.5, 0.6) is 0 Å². The first-order valence-electron chi connectivity index (χ1n) is 6.22. The van der Waals surface area contributed by atoms with E-state index in [0.29, 0.717) is 0 Å². The van der Waals surface area contributed by atoms with Crippen LogP contribution in [0, 0.1) is 0 Å². The van der Waals surface area contributed by atoms with Crippen molar-refractivity contribution in [2.24, 2.45) is 10.3 Å². The molecule has 0 heterocycles. The monoisotopic (exact) mass is 363 g/mol. The van der Waals surface area contributed by atoms with Crippen molar-refractivity contribution in [3.05, 3.63) is 0 Å². The number of rotatable bonds is 13. The number of nitrogens with zero attached hydrogens (tertiary/aromatic N) is 3. The van der Waals surface area contributed by atoms with E-state index in [-0.39, 0.29) is 50.9 Å². The zero-order valence-corrected chi connectivity index (χ0v) is 13.9. The quantitative estimate of drug-likeness (QED) is 0.130. The van der Waals surface area contributed by atoms with Gasteiger partial charge >= 0.3 is 7.75 Å². The van der Waals surface area contributed by atoms with E-state index in [0.717, 1.165) is 0 Å². The molecule has 0 aromatic carbocycles. The normalized spacial score (nSPS) is 12.9. The van der Waals surface area contributed by atoms with Crippen LogP contribution in [0.1, 0.15) is 12.8 Å². The van der Waals surface area contributed by atoms with Gasteiger partial charge in [-0.25, -0.2) is 9.24 Å². The summed E-state index contributed by atoms with van der Waals surface area (Å²) in [5.41, 5.74) is 0. The van der Waals surface area contributed by atoms with Gasteiger partial charge in [-0.15, -0.1) is 33.5 Å². The van der Waals surface area contributed by atoms with Gasteiger partial charge in [-0.05, 0) is 0 Å². The molecule has 0 spiro atoms. The van der Waals surface area contributed by atoms with Crippen molar-refractivity contribution in [2.45, 2.75) is 12.8 Å². The molecule has 0 amide bonds. The summed E-state index contributed by atoms with van der Waals surface area (Å²) < 4.78 is 24.8. The van der Waals surface area contributed by atoms with E-state index in [1.54, 1.807) is 0 Å². The number of hydrogen-bond acceptors (Lipinski definition) is 7. The molecular weight excluding hydrogens is 344 g/mol. The Labute approximate surface area is 133 Å². The highest BCUT2D eigenvalue weighted by Crippen LogP contribution is 2.51. The van der Waals surface area contributed by atoms with Crippen LogP contribution in [0.25, 0.3) is 0 Å². The van der Waals surface area contributed by atoms with Crippen LogP contribution < -0.4 is 0 Å². The highest BCUT2D eigenvalue weighted by atomic mass is 35.5. The molecule has 0 radical (unpaired) electrons. The maximum absolute atomic E-state index is 12.8. The van der Waals surface area contributed by atoms with E-state index in [9.17, 15) is 4.57 Å². The smallest absolute Gasteiger partial charge is 0.408 e. The number of alkyl halides is 2. The van der Waals surface area contributed by atoms with Gasteiger partial charge < -0.3 is 10.4 Å². The van der Waals surface area contributed by atoms with Crippen LogP contribution >= 0.6 is 30.9 Å². The topological polar surface area (TPSA) is 104 Å². The summed E-state index contributed by atoms with van der Waals surface area (Å²) in [7, 11) is -3.57. The molecule has 0 rings (SSSR count). The molecule has 0 saturated heterocycles. The summed E-state index contributed by atoms with van der Waals surface area (Å²) in [5.74, 6) is 0.480. The first-order chi connectivity index (χ1) is 10.1. The predicted octanol–water partition coefficient (Wildman–Crippen LogP) is 2.61. The van der Waals surface area contributed by atoms with Crippen molar-refractivity contribution in [2.75, 3.05) is 38.1 Å². The van der Waals surface area contributed by atoms with Gasteiger partial charge in [0.15, 0.2) is 0 Å². The van der Waals surface area contributed by atoms with Gasteiger partial charge in [0.25, 0.3) is 0 Å². The minimum atomic E-state index is -3.57. The molecular formula is C10H20Cl2N3O5P. The molecule has 0 unspecified atom stereocenters. The fourth-order valence-electron chi connectivity index (χ4n) is 1.31. The second-order valence-corrected chi connectivity index (χ2v) is 6.42. The van der Waals surface area contributed by atoms with Gasteiger partial charge in [-0.1, -0.05) is 0 Å². The molecule has 21 heavy (non-hydrogen) atoms. The third-order valence-electron chi connectivity index (χ3n) is 2.20. The van der Waals surface area contributed by atoms with Gasteiger partial charge in [-0.2, -0.15) is 0 Å². The zero-order chi connectivity index (χ0) is 16.0. The van der Waals surface area contributed by atoms with Gasteiger partial charge in [0.1, 0.15) is 0 Å². The fourth-order valence-corrected chi connectivity index (χ4v) is 3.72. The van der Waals surface area contributed by atoms with Crippen LogP contribution in [-0.2, 0) is 13.6 Å². The van der Waals surface area contributed by atoms with Crippen LogP contribution in [0.15, 0.2) is 10.3 Å². The van der Waals surface area contributed by atoms with Crippen LogP contribution in [0.2, 0.25) is 0 Å². The largest absolute Gasteiger partial charge is 0.411 e. The molecule has 0 bridgehead atoms. The maximum atomic E-state index is 12.8. The Morgan fingerprint density at radius 3 is 1.76 bits per heavy atom. The van der Waals surface area contributed by atoms with E-state index < -0.39 is 7.75 Å². The van der Waals surface area contributed by atoms with Gasteiger partial charge in [0.05, 0.1) is 13.2 Å². The van der Waals surface area contributed by atoms with Crippen molar-refractivity contribution in [3.8, 4) is 0 Å². The van der Waals surface area contributed by atoms with E-state index in [1.165, 1.54) is 17.1 Å². The highest BCUT2D eigenvalue weighted by molar-refractivity contribution is 7.51. The third kappa shape index (κ3) is 9.29. The summed E-state index contributed by atoms with van der Waals surface area (Å²) >= 11 is 11.4. The van der Waals surface area contributed by atoms with Gasteiger partial charge in [0, 0.05) is 50.1 Å². The van der Waals surface area contributed by atoms with Crippen molar-refractivity contribution < 1.29 is 24.0 Å². The molecule has 11 heteroatoms. The Morgan fingerprint density at radius 1 is 1.00 bits per heavy atom. The molecule has 0 aromatic rings. The average molecular weight is 364 g/mol. The minimum Gasteiger partial charge on any atom is -0.411 e. The summed E-state index contributed by atoms with van der Waals surface area (Å²) in [5, 5.41) is 22.3. The molecule has 0 atom stereocenters. The second kappa shape index (κ2) is 13.3. The summed E-state index contributed by atoms with van der Waals surface area (Å²) in [6, 6.07) is 0. The lowest BCUT2D eigenvalue weighted by Gasteiger charge is -2.28. The predicted molar refractivity (Wildman–Crippen MR) is 82.3 cm³/mol. The first kappa shape index (κ1) is 20.6. The molecule has 0 fully saturated rings. The van der Waals surface area contributed by atoms with Crippen LogP contribution in [0.3, 0.4) is 0 Å². The summed E-state index contributed by atoms with van der Waals surface area (Å²) in [6.07, 6.45) is 2.99. The van der Waals surface area contributed by atoms with E-state index in [1.807, 2.05) is 0 Å². The lowest BCUT2D eigenvalue weighted by molar-refractivity contribution is 0.166. The third-order valence-corrected chi connectivity index (χ3v) is 4.65. The second-order valence-electron chi connectivity index (χ2n) is 3.64. The zero-order valence-electron chi connectivity index (χ0n) is 11.5. The number of halogens is 2. The minimum absolute atomic E-state index is 0.0521. The average Bonchev–Trinajstić information content (AvgIpc) is 2.48.